The highest BCUT2D eigenvalue weighted by Gasteiger charge is 2.17. The van der Waals surface area contributed by atoms with Gasteiger partial charge in [0.1, 0.15) is 5.82 Å². The number of halogens is 1. The fourth-order valence-corrected chi connectivity index (χ4v) is 2.04. The van der Waals surface area contributed by atoms with Crippen LogP contribution in [0.4, 0.5) is 4.39 Å². The van der Waals surface area contributed by atoms with E-state index in [2.05, 4.69) is 12.6 Å². The highest BCUT2D eigenvalue weighted by Crippen LogP contribution is 2.25. The monoisotopic (exact) mass is 182 g/mol. The van der Waals surface area contributed by atoms with Crippen LogP contribution in [0.3, 0.4) is 0 Å². The molecular weight excluding hydrogens is 171 g/mol. The van der Waals surface area contributed by atoms with Crippen LogP contribution in [-0.4, -0.2) is 5.25 Å². The first-order valence-corrected chi connectivity index (χ1v) is 4.73. The van der Waals surface area contributed by atoms with Gasteiger partial charge in [-0.3, -0.25) is 0 Å². The molecule has 0 aliphatic heterocycles. The summed E-state index contributed by atoms with van der Waals surface area (Å²) in [4.78, 5) is 0. The molecule has 1 atom stereocenters. The molecule has 0 saturated carbocycles. The second-order valence-electron chi connectivity index (χ2n) is 3.27. The molecule has 0 aromatic heterocycles. The van der Waals surface area contributed by atoms with Crippen molar-refractivity contribution in [3.63, 3.8) is 0 Å². The Bertz CT molecular complexity index is 296. The van der Waals surface area contributed by atoms with Gasteiger partial charge in [0, 0.05) is 5.25 Å². The molecule has 1 unspecified atom stereocenters. The van der Waals surface area contributed by atoms with Crippen LogP contribution in [0.2, 0.25) is 0 Å². The lowest BCUT2D eigenvalue weighted by Gasteiger charge is -2.20. The van der Waals surface area contributed by atoms with Crippen molar-refractivity contribution in [1.29, 1.82) is 0 Å². The molecule has 0 heterocycles. The first-order chi connectivity index (χ1) is 5.77. The zero-order chi connectivity index (χ0) is 8.55. The van der Waals surface area contributed by atoms with Crippen molar-refractivity contribution >= 4 is 12.6 Å². The van der Waals surface area contributed by atoms with E-state index in [9.17, 15) is 4.39 Å². The zero-order valence-corrected chi connectivity index (χ0v) is 7.65. The van der Waals surface area contributed by atoms with Gasteiger partial charge in [0.15, 0.2) is 0 Å². The summed E-state index contributed by atoms with van der Waals surface area (Å²) in [7, 11) is 0. The molecule has 0 amide bonds. The Kier molecular flexibility index (Phi) is 2.09. The van der Waals surface area contributed by atoms with Gasteiger partial charge in [-0.25, -0.2) is 4.39 Å². The topological polar surface area (TPSA) is 0 Å². The fraction of sp³-hybridized carbons (Fsp3) is 0.400. The van der Waals surface area contributed by atoms with Gasteiger partial charge < -0.3 is 0 Å². The lowest BCUT2D eigenvalue weighted by Crippen LogP contribution is -2.15. The molecule has 0 nitrogen and oxygen atoms in total. The Labute approximate surface area is 77.2 Å². The molecule has 0 fully saturated rings. The predicted octanol–water partition coefficient (Wildman–Crippen LogP) is 2.61. The van der Waals surface area contributed by atoms with E-state index in [4.69, 9.17) is 0 Å². The van der Waals surface area contributed by atoms with Gasteiger partial charge in [0.25, 0.3) is 0 Å². The first kappa shape index (κ1) is 8.11. The second-order valence-corrected chi connectivity index (χ2v) is 4.00. The maximum atomic E-state index is 13.2. The van der Waals surface area contributed by atoms with Gasteiger partial charge in [-0.1, -0.05) is 12.1 Å². The van der Waals surface area contributed by atoms with Crippen molar-refractivity contribution in [2.75, 3.05) is 0 Å². The van der Waals surface area contributed by atoms with E-state index in [1.54, 1.807) is 6.07 Å². The Morgan fingerprint density at radius 3 is 3.08 bits per heavy atom. The average molecular weight is 182 g/mol. The number of hydrogen-bond donors (Lipinski definition) is 1. The van der Waals surface area contributed by atoms with Crippen molar-refractivity contribution in [2.24, 2.45) is 0 Å². The minimum Gasteiger partial charge on any atom is -0.207 e. The smallest absolute Gasteiger partial charge is 0.126 e. The molecule has 64 valence electrons. The quantitative estimate of drug-likeness (QED) is 0.586. The lowest BCUT2D eigenvalue weighted by atomic mass is 9.91. The minimum atomic E-state index is -0.0637. The molecule has 2 heteroatoms. The van der Waals surface area contributed by atoms with Crippen LogP contribution in [0.15, 0.2) is 18.2 Å². The highest BCUT2D eigenvalue weighted by molar-refractivity contribution is 7.80. The Hall–Kier alpha value is -0.500. The van der Waals surface area contributed by atoms with Crippen molar-refractivity contribution in [3.05, 3.63) is 35.1 Å². The summed E-state index contributed by atoms with van der Waals surface area (Å²) in [5, 5.41) is 0.342. The molecule has 2 rings (SSSR count). The van der Waals surface area contributed by atoms with Gasteiger partial charge in [0.2, 0.25) is 0 Å². The van der Waals surface area contributed by atoms with Gasteiger partial charge in [-0.15, -0.1) is 0 Å². The van der Waals surface area contributed by atoms with Crippen LogP contribution in [0.5, 0.6) is 0 Å². The number of fused-ring (bicyclic) bond motifs is 1. The van der Waals surface area contributed by atoms with Crippen LogP contribution in [0.25, 0.3) is 0 Å². The van der Waals surface area contributed by atoms with E-state index in [0.717, 1.165) is 24.8 Å². The van der Waals surface area contributed by atoms with Crippen molar-refractivity contribution in [2.45, 2.75) is 24.5 Å². The van der Waals surface area contributed by atoms with Crippen molar-refractivity contribution in [1.82, 2.24) is 0 Å². The molecule has 0 spiro atoms. The summed E-state index contributed by atoms with van der Waals surface area (Å²) in [5.41, 5.74) is 2.05. The number of benzene rings is 1. The fourth-order valence-electron chi connectivity index (χ4n) is 1.73. The summed E-state index contributed by atoms with van der Waals surface area (Å²) in [6.07, 6.45) is 2.83. The van der Waals surface area contributed by atoms with E-state index < -0.39 is 0 Å². The first-order valence-electron chi connectivity index (χ1n) is 4.21. The lowest BCUT2D eigenvalue weighted by molar-refractivity contribution is 0.584. The van der Waals surface area contributed by atoms with Gasteiger partial charge in [-0.2, -0.15) is 12.6 Å². The molecule has 1 aromatic carbocycles. The Balaban J connectivity index is 2.43. The Morgan fingerprint density at radius 1 is 1.42 bits per heavy atom. The average Bonchev–Trinajstić information content (AvgIpc) is 2.07. The molecular formula is C10H11FS. The van der Waals surface area contributed by atoms with E-state index in [0.29, 0.717) is 5.25 Å². The van der Waals surface area contributed by atoms with Crippen LogP contribution >= 0.6 is 12.6 Å². The molecule has 12 heavy (non-hydrogen) atoms. The summed E-state index contributed by atoms with van der Waals surface area (Å²) in [5.74, 6) is -0.0637. The summed E-state index contributed by atoms with van der Waals surface area (Å²) < 4.78 is 13.2. The van der Waals surface area contributed by atoms with Crippen molar-refractivity contribution in [3.8, 4) is 0 Å². The van der Waals surface area contributed by atoms with E-state index in [-0.39, 0.29) is 5.82 Å². The molecule has 0 saturated heterocycles. The minimum absolute atomic E-state index is 0.0637. The number of thiol groups is 1. The van der Waals surface area contributed by atoms with Crippen LogP contribution in [0.1, 0.15) is 17.5 Å². The largest absolute Gasteiger partial charge is 0.207 e. The summed E-state index contributed by atoms with van der Waals surface area (Å²) in [6.45, 7) is 0. The zero-order valence-electron chi connectivity index (χ0n) is 6.76. The molecule has 0 N–H and O–H groups in total. The number of hydrogen-bond acceptors (Lipinski definition) is 1. The normalized spacial score (nSPS) is 22.0. The van der Waals surface area contributed by atoms with Gasteiger partial charge in [-0.05, 0) is 36.5 Å². The van der Waals surface area contributed by atoms with E-state index in [1.165, 1.54) is 11.6 Å². The standard InChI is InChI=1S/C10H11FS/c11-10-3-1-2-7-4-5-8(12)6-9(7)10/h1-3,8,12H,4-6H2. The summed E-state index contributed by atoms with van der Waals surface area (Å²) >= 11 is 4.37. The third kappa shape index (κ3) is 1.36. The number of aryl methyl sites for hydroxylation is 1. The molecule has 0 bridgehead atoms. The van der Waals surface area contributed by atoms with Gasteiger partial charge >= 0.3 is 0 Å². The Morgan fingerprint density at radius 2 is 2.25 bits per heavy atom. The predicted molar refractivity (Wildman–Crippen MR) is 51.2 cm³/mol. The maximum Gasteiger partial charge on any atom is 0.126 e. The van der Waals surface area contributed by atoms with Crippen LogP contribution < -0.4 is 0 Å². The van der Waals surface area contributed by atoms with E-state index >= 15 is 0 Å². The highest BCUT2D eigenvalue weighted by atomic mass is 32.1. The molecule has 1 aliphatic rings. The molecule has 0 radical (unpaired) electrons. The van der Waals surface area contributed by atoms with Crippen LogP contribution in [0, 0.1) is 5.82 Å². The summed E-state index contributed by atoms with van der Waals surface area (Å²) in [6, 6.07) is 5.33. The maximum absolute atomic E-state index is 13.2. The third-order valence-corrected chi connectivity index (χ3v) is 2.84. The molecule has 1 aromatic rings. The number of rotatable bonds is 0. The van der Waals surface area contributed by atoms with E-state index in [1.807, 2.05) is 6.07 Å². The SMILES string of the molecule is Fc1cccc2c1CC(S)CC2. The van der Waals surface area contributed by atoms with Gasteiger partial charge in [0.05, 0.1) is 0 Å². The van der Waals surface area contributed by atoms with Crippen molar-refractivity contribution < 1.29 is 4.39 Å². The van der Waals surface area contributed by atoms with Crippen LogP contribution in [-0.2, 0) is 12.8 Å². The third-order valence-electron chi connectivity index (χ3n) is 2.40. The second kappa shape index (κ2) is 3.09. The molecule has 1 aliphatic carbocycles.